The molecular weight excluding hydrogens is 258 g/mol. The van der Waals surface area contributed by atoms with Gasteiger partial charge in [0.05, 0.1) is 0 Å². The Morgan fingerprint density at radius 2 is 2.27 bits per heavy atom. The molecule has 82 valence electrons. The molecule has 0 radical (unpaired) electrons. The second-order valence-corrected chi connectivity index (χ2v) is 13.7. The summed E-state index contributed by atoms with van der Waals surface area (Å²) in [5.74, 6) is 0.818. The summed E-state index contributed by atoms with van der Waals surface area (Å²) in [4.78, 5) is 4.22. The molecule has 0 amide bonds. The van der Waals surface area contributed by atoms with Crippen LogP contribution in [0.25, 0.3) is 0 Å². The van der Waals surface area contributed by atoms with Gasteiger partial charge in [0.25, 0.3) is 0 Å². The fourth-order valence-electron chi connectivity index (χ4n) is 2.22. The van der Waals surface area contributed by atoms with Gasteiger partial charge < -0.3 is 0 Å². The summed E-state index contributed by atoms with van der Waals surface area (Å²) < 4.78 is 0. The zero-order valence-corrected chi connectivity index (χ0v) is 13.1. The minimum Gasteiger partial charge on any atom is -0.264 e. The Labute approximate surface area is 99.2 Å². The van der Waals surface area contributed by atoms with E-state index < -0.39 is 0 Å². The minimum absolute atomic E-state index is 0.127. The normalized spacial score (nSPS) is 27.9. The van der Waals surface area contributed by atoms with Gasteiger partial charge >= 0.3 is 0 Å². The molecule has 1 aromatic heterocycles. The van der Waals surface area contributed by atoms with Crippen LogP contribution >= 0.6 is 33.1 Å². The van der Waals surface area contributed by atoms with Gasteiger partial charge in [0.15, 0.2) is 0 Å². The lowest BCUT2D eigenvalue weighted by atomic mass is 9.86. The van der Waals surface area contributed by atoms with Crippen molar-refractivity contribution in [1.82, 2.24) is 4.98 Å². The Balaban J connectivity index is 2.22. The molecule has 0 N–H and O–H groups in total. The standard InChI is InChI=1S/C10H17NP4/c1-7-4-9-6-11-3-2-8(9)5-10(7)15(13)14-12/h2-3,6-7,10,14H,4-5,12-13H2,1H3/t7-,10+,15?/m1/s1. The van der Waals surface area contributed by atoms with Crippen molar-refractivity contribution in [3.63, 3.8) is 0 Å². The number of nitrogens with zero attached hydrogens (tertiary/aromatic N) is 1. The van der Waals surface area contributed by atoms with E-state index in [0.717, 1.165) is 19.5 Å². The highest BCUT2D eigenvalue weighted by molar-refractivity contribution is 8.61. The predicted octanol–water partition coefficient (Wildman–Crippen LogP) is 3.84. The van der Waals surface area contributed by atoms with Crippen molar-refractivity contribution >= 4 is 33.1 Å². The lowest BCUT2D eigenvalue weighted by Gasteiger charge is -2.34. The van der Waals surface area contributed by atoms with Gasteiger partial charge in [-0.05, 0) is 41.6 Å². The summed E-state index contributed by atoms with van der Waals surface area (Å²) in [5.41, 5.74) is 3.89. The minimum atomic E-state index is 0.127. The van der Waals surface area contributed by atoms with Gasteiger partial charge in [-0.3, -0.25) is 4.98 Å². The van der Waals surface area contributed by atoms with E-state index in [1.54, 1.807) is 0 Å². The molecule has 1 aromatic rings. The van der Waals surface area contributed by atoms with Crippen molar-refractivity contribution in [2.75, 3.05) is 0 Å². The first kappa shape index (κ1) is 12.3. The molecule has 4 unspecified atom stereocenters. The zero-order chi connectivity index (χ0) is 10.8. The van der Waals surface area contributed by atoms with Crippen molar-refractivity contribution < 1.29 is 0 Å². The fourth-order valence-corrected chi connectivity index (χ4v) is 7.99. The van der Waals surface area contributed by atoms with Crippen LogP contribution < -0.4 is 0 Å². The van der Waals surface area contributed by atoms with Crippen molar-refractivity contribution in [2.24, 2.45) is 5.92 Å². The first-order valence-corrected chi connectivity index (χ1v) is 11.8. The number of pyridine rings is 1. The predicted molar refractivity (Wildman–Crippen MR) is 79.3 cm³/mol. The summed E-state index contributed by atoms with van der Waals surface area (Å²) in [5, 5.41) is 0. The van der Waals surface area contributed by atoms with E-state index in [0.29, 0.717) is 0 Å². The lowest BCUT2D eigenvalue weighted by molar-refractivity contribution is 0.513. The summed E-state index contributed by atoms with van der Waals surface area (Å²) in [6.07, 6.45) is 6.46. The van der Waals surface area contributed by atoms with Crippen LogP contribution in [0.4, 0.5) is 0 Å². The maximum atomic E-state index is 4.22. The van der Waals surface area contributed by atoms with Crippen molar-refractivity contribution in [3.05, 3.63) is 29.6 Å². The Morgan fingerprint density at radius 3 is 3.00 bits per heavy atom. The highest BCUT2D eigenvalue weighted by Gasteiger charge is 2.28. The van der Waals surface area contributed by atoms with Crippen molar-refractivity contribution in [1.29, 1.82) is 0 Å². The second kappa shape index (κ2) is 5.47. The summed E-state index contributed by atoms with van der Waals surface area (Å²) in [7, 11) is 7.14. The topological polar surface area (TPSA) is 12.9 Å². The van der Waals surface area contributed by atoms with E-state index in [2.05, 4.69) is 42.0 Å². The van der Waals surface area contributed by atoms with E-state index in [4.69, 9.17) is 0 Å². The number of hydrogen-bond donors (Lipinski definition) is 0. The highest BCUT2D eigenvalue weighted by Crippen LogP contribution is 2.71. The zero-order valence-electron chi connectivity index (χ0n) is 8.85. The maximum absolute atomic E-state index is 4.22. The molecule has 5 heteroatoms. The Bertz CT molecular complexity index is 344. The summed E-state index contributed by atoms with van der Waals surface area (Å²) in [6, 6.07) is 2.20. The largest absolute Gasteiger partial charge is 0.264 e. The molecule has 2 rings (SSSR count). The van der Waals surface area contributed by atoms with E-state index in [1.165, 1.54) is 24.0 Å². The molecule has 15 heavy (non-hydrogen) atoms. The van der Waals surface area contributed by atoms with Gasteiger partial charge in [0, 0.05) is 12.4 Å². The van der Waals surface area contributed by atoms with Crippen LogP contribution in [0, 0.1) is 5.92 Å². The molecule has 0 fully saturated rings. The number of aromatic nitrogens is 1. The molecule has 0 saturated heterocycles. The van der Waals surface area contributed by atoms with Gasteiger partial charge in [-0.2, -0.15) is 0 Å². The van der Waals surface area contributed by atoms with Crippen LogP contribution in [0.5, 0.6) is 0 Å². The van der Waals surface area contributed by atoms with E-state index in [1.807, 2.05) is 6.20 Å². The SMILES string of the molecule is C[C@@H]1Cc2cnccc2C[C@@H]1P(P)PP. The molecule has 1 aliphatic rings. The van der Waals surface area contributed by atoms with Crippen molar-refractivity contribution in [3.8, 4) is 0 Å². The van der Waals surface area contributed by atoms with E-state index >= 15 is 0 Å². The van der Waals surface area contributed by atoms with Crippen LogP contribution in [0.3, 0.4) is 0 Å². The molecule has 0 spiro atoms. The molecule has 1 nitrogen and oxygen atoms in total. The van der Waals surface area contributed by atoms with Gasteiger partial charge in [-0.25, -0.2) is 0 Å². The summed E-state index contributed by atoms with van der Waals surface area (Å²) in [6.45, 7) is 2.39. The Morgan fingerprint density at radius 1 is 1.47 bits per heavy atom. The second-order valence-electron chi connectivity index (χ2n) is 4.13. The first-order chi connectivity index (χ1) is 7.22. The van der Waals surface area contributed by atoms with Crippen LogP contribution in [0.15, 0.2) is 18.5 Å². The fraction of sp³-hybridized carbons (Fsp3) is 0.500. The van der Waals surface area contributed by atoms with Gasteiger partial charge in [0.1, 0.15) is 0 Å². The summed E-state index contributed by atoms with van der Waals surface area (Å²) >= 11 is 0. The smallest absolute Gasteiger partial charge is 0.0302 e. The molecule has 0 aromatic carbocycles. The number of fused-ring (bicyclic) bond motifs is 1. The molecule has 6 atom stereocenters. The molecule has 1 aliphatic carbocycles. The van der Waals surface area contributed by atoms with E-state index in [-0.39, 0.29) is 7.30 Å². The lowest BCUT2D eigenvalue weighted by Crippen LogP contribution is -2.25. The van der Waals surface area contributed by atoms with Gasteiger partial charge in [-0.15, -0.1) is 17.9 Å². The molecule has 0 saturated carbocycles. The van der Waals surface area contributed by atoms with E-state index in [9.17, 15) is 0 Å². The van der Waals surface area contributed by atoms with Crippen LogP contribution in [-0.2, 0) is 12.8 Å². The van der Waals surface area contributed by atoms with Crippen LogP contribution in [0.1, 0.15) is 18.1 Å². The molecule has 0 aliphatic heterocycles. The van der Waals surface area contributed by atoms with Crippen LogP contribution in [-0.4, -0.2) is 10.6 Å². The third kappa shape index (κ3) is 2.76. The third-order valence-corrected chi connectivity index (χ3v) is 14.6. The quantitative estimate of drug-likeness (QED) is 0.747. The Hall–Kier alpha value is 0.870. The Kier molecular flexibility index (Phi) is 4.50. The third-order valence-electron chi connectivity index (χ3n) is 3.14. The van der Waals surface area contributed by atoms with Gasteiger partial charge in [0.2, 0.25) is 0 Å². The monoisotopic (exact) mass is 275 g/mol. The molecule has 1 heterocycles. The highest BCUT2D eigenvalue weighted by atomic mass is 32.6. The number of rotatable bonds is 2. The maximum Gasteiger partial charge on any atom is 0.0302 e. The number of hydrogen-bond acceptors (Lipinski definition) is 1. The molecular formula is C10H17NP4. The van der Waals surface area contributed by atoms with Crippen LogP contribution in [0.2, 0.25) is 0 Å². The average molecular weight is 275 g/mol. The first-order valence-electron chi connectivity index (χ1n) is 5.14. The van der Waals surface area contributed by atoms with Crippen molar-refractivity contribution in [2.45, 2.75) is 25.4 Å². The molecule has 0 bridgehead atoms. The average Bonchev–Trinajstić information content (AvgIpc) is 2.27. The van der Waals surface area contributed by atoms with Gasteiger partial charge in [-0.1, -0.05) is 22.2 Å².